The molecule has 1 saturated heterocycles. The van der Waals surface area contributed by atoms with Gasteiger partial charge in [0.2, 0.25) is 9.84 Å². The van der Waals surface area contributed by atoms with Crippen LogP contribution in [0, 0.1) is 0 Å². The topological polar surface area (TPSA) is 138 Å². The summed E-state index contributed by atoms with van der Waals surface area (Å²) in [6, 6.07) is 18.3. The fraction of sp³-hybridized carbons (Fsp3) is 0.273. The number of hydrogen-bond acceptors (Lipinski definition) is 9. The van der Waals surface area contributed by atoms with E-state index in [4.69, 9.17) is 4.74 Å². The average molecular weight is 660 g/mol. The number of anilines is 2. The second-order valence-electron chi connectivity index (χ2n) is 12.0. The van der Waals surface area contributed by atoms with Crippen LogP contribution in [0.25, 0.3) is 10.6 Å². The summed E-state index contributed by atoms with van der Waals surface area (Å²) >= 11 is 1.46. The van der Waals surface area contributed by atoms with E-state index in [1.54, 1.807) is 23.2 Å². The van der Waals surface area contributed by atoms with E-state index in [0.29, 0.717) is 26.2 Å². The maximum Gasteiger partial charge on any atom is 0.410 e. The van der Waals surface area contributed by atoms with Gasteiger partial charge in [-0.05, 0) is 75.4 Å². The maximum absolute atomic E-state index is 13.2. The highest BCUT2D eigenvalue weighted by Gasteiger charge is 2.31. The van der Waals surface area contributed by atoms with Crippen molar-refractivity contribution in [1.82, 2.24) is 15.2 Å². The summed E-state index contributed by atoms with van der Waals surface area (Å²) < 4.78 is 31.9. The Hall–Kier alpha value is -4.75. The van der Waals surface area contributed by atoms with Gasteiger partial charge in [0.05, 0.1) is 27.6 Å². The number of rotatable bonds is 5. The SMILES string of the molecule is CC(C)(C)OC(=O)N1CCN(c2ccc(-c3ncc(CNC(=O)c4ccc5c(c4)NC(=O)c4ccccc4S5(=O)=O)s3)cc2)CC1. The van der Waals surface area contributed by atoms with Crippen LogP contribution in [0.4, 0.5) is 16.2 Å². The molecule has 1 aromatic heterocycles. The van der Waals surface area contributed by atoms with Gasteiger partial charge in [-0.1, -0.05) is 12.1 Å². The molecule has 0 spiro atoms. The van der Waals surface area contributed by atoms with E-state index in [9.17, 15) is 22.8 Å². The predicted molar refractivity (Wildman–Crippen MR) is 175 cm³/mol. The Bertz CT molecular complexity index is 1920. The molecular weight excluding hydrogens is 627 g/mol. The van der Waals surface area contributed by atoms with E-state index in [2.05, 4.69) is 20.5 Å². The molecule has 2 N–H and O–H groups in total. The summed E-state index contributed by atoms with van der Waals surface area (Å²) in [7, 11) is -3.96. The first-order chi connectivity index (χ1) is 21.9. The third kappa shape index (κ3) is 6.46. The van der Waals surface area contributed by atoms with Crippen molar-refractivity contribution in [3.8, 4) is 10.6 Å². The zero-order valence-electron chi connectivity index (χ0n) is 25.6. The van der Waals surface area contributed by atoms with Crippen molar-refractivity contribution >= 4 is 50.5 Å². The van der Waals surface area contributed by atoms with E-state index >= 15 is 0 Å². The highest BCUT2D eigenvalue weighted by molar-refractivity contribution is 7.91. The van der Waals surface area contributed by atoms with Gasteiger partial charge in [0.1, 0.15) is 10.6 Å². The molecule has 6 rings (SSSR count). The molecule has 4 aromatic rings. The van der Waals surface area contributed by atoms with Gasteiger partial charge in [0.25, 0.3) is 11.8 Å². The molecule has 46 heavy (non-hydrogen) atoms. The Labute approximate surface area is 271 Å². The zero-order valence-corrected chi connectivity index (χ0v) is 27.2. The number of carbonyl (C=O) groups excluding carboxylic acids is 3. The number of carbonyl (C=O) groups is 3. The number of ether oxygens (including phenoxy) is 1. The molecule has 0 unspecified atom stereocenters. The third-order valence-corrected chi connectivity index (χ3v) is 10.5. The number of piperazine rings is 1. The van der Waals surface area contributed by atoms with Crippen LogP contribution in [0.15, 0.2) is 82.7 Å². The second-order valence-corrected chi connectivity index (χ2v) is 15.0. The minimum atomic E-state index is -3.96. The quantitative estimate of drug-likeness (QED) is 0.299. The van der Waals surface area contributed by atoms with Crippen molar-refractivity contribution in [3.05, 3.63) is 88.9 Å². The normalized spacial score (nSPS) is 15.7. The van der Waals surface area contributed by atoms with Gasteiger partial charge in [-0.15, -0.1) is 11.3 Å². The van der Waals surface area contributed by atoms with Gasteiger partial charge in [-0.25, -0.2) is 18.2 Å². The molecule has 0 saturated carbocycles. The van der Waals surface area contributed by atoms with Crippen LogP contribution in [-0.4, -0.2) is 68.0 Å². The highest BCUT2D eigenvalue weighted by atomic mass is 32.2. The number of aromatic nitrogens is 1. The lowest BCUT2D eigenvalue weighted by molar-refractivity contribution is 0.0240. The van der Waals surface area contributed by atoms with Crippen LogP contribution >= 0.6 is 11.3 Å². The number of amides is 3. The molecule has 3 heterocycles. The first kappa shape index (κ1) is 31.2. The van der Waals surface area contributed by atoms with Crippen LogP contribution in [0.1, 0.15) is 46.4 Å². The second kappa shape index (κ2) is 12.2. The lowest BCUT2D eigenvalue weighted by atomic mass is 10.1. The van der Waals surface area contributed by atoms with Crippen LogP contribution in [0.5, 0.6) is 0 Å². The molecule has 0 bridgehead atoms. The lowest BCUT2D eigenvalue weighted by Gasteiger charge is -2.36. The number of benzene rings is 3. The smallest absolute Gasteiger partial charge is 0.410 e. The highest BCUT2D eigenvalue weighted by Crippen LogP contribution is 2.34. The Morgan fingerprint density at radius 2 is 1.70 bits per heavy atom. The molecule has 3 aromatic carbocycles. The molecule has 238 valence electrons. The van der Waals surface area contributed by atoms with Crippen molar-refractivity contribution in [2.45, 2.75) is 42.7 Å². The molecule has 0 radical (unpaired) electrons. The van der Waals surface area contributed by atoms with Crippen molar-refractivity contribution in [1.29, 1.82) is 0 Å². The molecule has 0 aliphatic carbocycles. The maximum atomic E-state index is 13.2. The fourth-order valence-corrected chi connectivity index (χ4v) is 7.73. The summed E-state index contributed by atoms with van der Waals surface area (Å²) in [5, 5.41) is 6.30. The molecule has 11 nitrogen and oxygen atoms in total. The number of nitrogens with one attached hydrogen (secondary N) is 2. The summed E-state index contributed by atoms with van der Waals surface area (Å²) in [5.41, 5.74) is 1.81. The summed E-state index contributed by atoms with van der Waals surface area (Å²) in [4.78, 5) is 47.3. The molecule has 1 fully saturated rings. The van der Waals surface area contributed by atoms with E-state index in [-0.39, 0.29) is 39.2 Å². The van der Waals surface area contributed by atoms with Gasteiger partial charge in [0.15, 0.2) is 0 Å². The van der Waals surface area contributed by atoms with Crippen LogP contribution < -0.4 is 15.5 Å². The van der Waals surface area contributed by atoms with Crippen LogP contribution in [0.2, 0.25) is 0 Å². The number of hydrogen-bond donors (Lipinski definition) is 2. The van der Waals surface area contributed by atoms with Crippen molar-refractivity contribution in [2.24, 2.45) is 0 Å². The molecule has 13 heteroatoms. The van der Waals surface area contributed by atoms with Crippen LogP contribution in [0.3, 0.4) is 0 Å². The van der Waals surface area contributed by atoms with Crippen molar-refractivity contribution < 1.29 is 27.5 Å². The molecule has 2 aliphatic rings. The van der Waals surface area contributed by atoms with E-state index in [1.165, 1.54) is 41.7 Å². The summed E-state index contributed by atoms with van der Waals surface area (Å²) in [6.45, 7) is 8.41. The van der Waals surface area contributed by atoms with Gasteiger partial charge in [-0.2, -0.15) is 0 Å². The van der Waals surface area contributed by atoms with Gasteiger partial charge in [-0.3, -0.25) is 9.59 Å². The first-order valence-corrected chi connectivity index (χ1v) is 17.0. The molecule has 0 atom stereocenters. The number of sulfone groups is 1. The lowest BCUT2D eigenvalue weighted by Crippen LogP contribution is -2.50. The Morgan fingerprint density at radius 3 is 2.41 bits per heavy atom. The third-order valence-electron chi connectivity index (χ3n) is 7.59. The number of thiazole rings is 1. The van der Waals surface area contributed by atoms with E-state index in [0.717, 1.165) is 21.1 Å². The van der Waals surface area contributed by atoms with Gasteiger partial charge in [0, 0.05) is 54.1 Å². The van der Waals surface area contributed by atoms with Gasteiger partial charge >= 0.3 is 6.09 Å². The minimum absolute atomic E-state index is 0.0541. The number of nitrogens with zero attached hydrogens (tertiary/aromatic N) is 3. The zero-order chi connectivity index (χ0) is 32.6. The summed E-state index contributed by atoms with van der Waals surface area (Å²) in [5.74, 6) is -0.969. The predicted octanol–water partition coefficient (Wildman–Crippen LogP) is 5.20. The van der Waals surface area contributed by atoms with E-state index in [1.807, 2.05) is 45.0 Å². The monoisotopic (exact) mass is 659 g/mol. The average Bonchev–Trinajstić information content (AvgIpc) is 3.49. The Morgan fingerprint density at radius 1 is 0.978 bits per heavy atom. The Kier molecular flexibility index (Phi) is 8.30. The molecule has 2 aliphatic heterocycles. The summed E-state index contributed by atoms with van der Waals surface area (Å²) in [6.07, 6.45) is 1.43. The fourth-order valence-electron chi connectivity index (χ4n) is 5.28. The number of fused-ring (bicyclic) bond motifs is 2. The standard InChI is InChI=1S/C33H33N5O6S2/c1-33(2,3)44-32(41)38-16-14-37(15-17-38)23-11-8-21(9-12-23)31-35-20-24(45-31)19-34-29(39)22-10-13-28-26(18-22)36-30(40)25-6-4-5-7-27(25)46(28,42)43/h4-13,18,20H,14-17,19H2,1-3H3,(H,34,39)(H,36,40). The first-order valence-electron chi connectivity index (χ1n) is 14.7. The molecular formula is C33H33N5O6S2. The largest absolute Gasteiger partial charge is 0.444 e. The van der Waals surface area contributed by atoms with Crippen molar-refractivity contribution in [2.75, 3.05) is 36.4 Å². The Balaban J connectivity index is 1.06. The van der Waals surface area contributed by atoms with Gasteiger partial charge < -0.3 is 25.2 Å². The minimum Gasteiger partial charge on any atom is -0.444 e. The van der Waals surface area contributed by atoms with Crippen molar-refractivity contribution in [3.63, 3.8) is 0 Å². The van der Waals surface area contributed by atoms with Crippen LogP contribution in [-0.2, 0) is 21.1 Å². The molecule has 3 amide bonds. The van der Waals surface area contributed by atoms with E-state index < -0.39 is 27.3 Å².